The minimum atomic E-state index is 0.0129. The van der Waals surface area contributed by atoms with Crippen LogP contribution in [-0.4, -0.2) is 28.6 Å². The van der Waals surface area contributed by atoms with E-state index in [0.717, 1.165) is 5.56 Å². The molecular formula is C10H18N2O2. The van der Waals surface area contributed by atoms with Crippen LogP contribution >= 0.6 is 0 Å². The van der Waals surface area contributed by atoms with Crippen molar-refractivity contribution in [3.05, 3.63) is 11.8 Å². The molecule has 1 N–H and O–H groups in total. The average molecular weight is 198 g/mol. The Kier molecular flexibility index (Phi) is 3.16. The Balaban J connectivity index is 3.02. The van der Waals surface area contributed by atoms with E-state index in [9.17, 15) is 0 Å². The van der Waals surface area contributed by atoms with Gasteiger partial charge in [0.25, 0.3) is 0 Å². The first-order chi connectivity index (χ1) is 6.49. The van der Waals surface area contributed by atoms with Gasteiger partial charge in [0.15, 0.2) is 0 Å². The van der Waals surface area contributed by atoms with E-state index in [0.29, 0.717) is 12.4 Å². The third kappa shape index (κ3) is 2.26. The molecule has 0 amide bonds. The van der Waals surface area contributed by atoms with Crippen LogP contribution in [0.25, 0.3) is 0 Å². The Bertz CT molecular complexity index is 300. The van der Waals surface area contributed by atoms with E-state index in [1.807, 2.05) is 6.20 Å². The number of aromatic nitrogens is 2. The largest absolute Gasteiger partial charge is 0.480 e. The minimum absolute atomic E-state index is 0.0129. The van der Waals surface area contributed by atoms with Gasteiger partial charge in [0.2, 0.25) is 5.88 Å². The Morgan fingerprint density at radius 1 is 1.50 bits per heavy atom. The van der Waals surface area contributed by atoms with Gasteiger partial charge in [0.05, 0.1) is 20.3 Å². The molecule has 14 heavy (non-hydrogen) atoms. The molecular weight excluding hydrogens is 180 g/mol. The Morgan fingerprint density at radius 2 is 2.14 bits per heavy atom. The van der Waals surface area contributed by atoms with Gasteiger partial charge in [-0.15, -0.1) is 5.10 Å². The molecule has 0 bridgehead atoms. The highest BCUT2D eigenvalue weighted by atomic mass is 16.5. The highest BCUT2D eigenvalue weighted by Crippen LogP contribution is 2.29. The van der Waals surface area contributed by atoms with Crippen molar-refractivity contribution in [1.82, 2.24) is 9.78 Å². The third-order valence-corrected chi connectivity index (χ3v) is 2.06. The first-order valence-corrected chi connectivity index (χ1v) is 4.72. The maximum absolute atomic E-state index is 8.79. The summed E-state index contributed by atoms with van der Waals surface area (Å²) in [6.45, 7) is 6.92. The van der Waals surface area contributed by atoms with Crippen LogP contribution in [-0.2, 0) is 12.0 Å². The molecule has 0 spiro atoms. The molecule has 1 aromatic rings. The SMILES string of the molecule is COc1nn(CCO)cc1C(C)(C)C. The van der Waals surface area contributed by atoms with Gasteiger partial charge in [-0.2, -0.15) is 0 Å². The summed E-state index contributed by atoms with van der Waals surface area (Å²) in [5.41, 5.74) is 1.08. The maximum atomic E-state index is 8.79. The molecule has 1 heterocycles. The standard InChI is InChI=1S/C10H18N2O2/c1-10(2,3)8-7-12(5-6-13)11-9(8)14-4/h7,13H,5-6H2,1-4H3. The number of methoxy groups -OCH3 is 1. The molecule has 80 valence electrons. The van der Waals surface area contributed by atoms with Crippen molar-refractivity contribution >= 4 is 0 Å². The molecule has 0 saturated heterocycles. The van der Waals surface area contributed by atoms with Crippen LogP contribution in [0.1, 0.15) is 26.3 Å². The number of aliphatic hydroxyl groups excluding tert-OH is 1. The summed E-state index contributed by atoms with van der Waals surface area (Å²) >= 11 is 0. The summed E-state index contributed by atoms with van der Waals surface area (Å²) in [6, 6.07) is 0. The fourth-order valence-corrected chi connectivity index (χ4v) is 1.29. The quantitative estimate of drug-likeness (QED) is 0.793. The van der Waals surface area contributed by atoms with Crippen LogP contribution in [0.5, 0.6) is 5.88 Å². The predicted molar refractivity (Wildman–Crippen MR) is 54.6 cm³/mol. The normalized spacial score (nSPS) is 11.8. The molecule has 0 aromatic carbocycles. The van der Waals surface area contributed by atoms with Gasteiger partial charge < -0.3 is 9.84 Å². The molecule has 0 atom stereocenters. The predicted octanol–water partition coefficient (Wildman–Crippen LogP) is 1.18. The van der Waals surface area contributed by atoms with Crippen molar-refractivity contribution in [3.8, 4) is 5.88 Å². The molecule has 1 aromatic heterocycles. The third-order valence-electron chi connectivity index (χ3n) is 2.06. The molecule has 0 radical (unpaired) electrons. The van der Waals surface area contributed by atoms with E-state index in [1.54, 1.807) is 11.8 Å². The van der Waals surface area contributed by atoms with Crippen molar-refractivity contribution in [1.29, 1.82) is 0 Å². The average Bonchev–Trinajstić information content (AvgIpc) is 2.47. The van der Waals surface area contributed by atoms with Crippen molar-refractivity contribution in [2.75, 3.05) is 13.7 Å². The zero-order valence-electron chi connectivity index (χ0n) is 9.24. The van der Waals surface area contributed by atoms with Crippen molar-refractivity contribution < 1.29 is 9.84 Å². The van der Waals surface area contributed by atoms with Gasteiger partial charge in [-0.3, -0.25) is 4.68 Å². The zero-order valence-corrected chi connectivity index (χ0v) is 9.24. The van der Waals surface area contributed by atoms with Crippen LogP contribution in [0.4, 0.5) is 0 Å². The molecule has 1 rings (SSSR count). The lowest BCUT2D eigenvalue weighted by molar-refractivity contribution is 0.267. The van der Waals surface area contributed by atoms with E-state index in [4.69, 9.17) is 9.84 Å². The number of hydrogen-bond acceptors (Lipinski definition) is 3. The summed E-state index contributed by atoms with van der Waals surface area (Å²) in [6.07, 6.45) is 1.93. The van der Waals surface area contributed by atoms with E-state index in [-0.39, 0.29) is 12.0 Å². The van der Waals surface area contributed by atoms with Crippen molar-refractivity contribution in [2.24, 2.45) is 0 Å². The Hall–Kier alpha value is -1.03. The number of ether oxygens (including phenoxy) is 1. The van der Waals surface area contributed by atoms with Crippen LogP contribution in [0.15, 0.2) is 6.20 Å². The molecule has 4 nitrogen and oxygen atoms in total. The van der Waals surface area contributed by atoms with Gasteiger partial charge in [-0.25, -0.2) is 0 Å². The molecule has 0 saturated carbocycles. The van der Waals surface area contributed by atoms with E-state index >= 15 is 0 Å². The van der Waals surface area contributed by atoms with Crippen molar-refractivity contribution in [3.63, 3.8) is 0 Å². The van der Waals surface area contributed by atoms with Crippen molar-refractivity contribution in [2.45, 2.75) is 32.7 Å². The topological polar surface area (TPSA) is 47.3 Å². The summed E-state index contributed by atoms with van der Waals surface area (Å²) in [4.78, 5) is 0. The summed E-state index contributed by atoms with van der Waals surface area (Å²) in [5.74, 6) is 0.644. The fraction of sp³-hybridized carbons (Fsp3) is 0.700. The first kappa shape index (κ1) is 11.0. The maximum Gasteiger partial charge on any atom is 0.236 e. The smallest absolute Gasteiger partial charge is 0.236 e. The van der Waals surface area contributed by atoms with Gasteiger partial charge in [-0.1, -0.05) is 20.8 Å². The van der Waals surface area contributed by atoms with Gasteiger partial charge in [0, 0.05) is 11.8 Å². The molecule has 0 aliphatic rings. The van der Waals surface area contributed by atoms with Gasteiger partial charge >= 0.3 is 0 Å². The lowest BCUT2D eigenvalue weighted by atomic mass is 9.89. The Morgan fingerprint density at radius 3 is 2.50 bits per heavy atom. The van der Waals surface area contributed by atoms with Crippen LogP contribution < -0.4 is 4.74 Å². The second kappa shape index (κ2) is 4.00. The summed E-state index contributed by atoms with van der Waals surface area (Å²) in [7, 11) is 1.61. The van der Waals surface area contributed by atoms with Gasteiger partial charge in [-0.05, 0) is 5.41 Å². The second-order valence-corrected chi connectivity index (χ2v) is 4.29. The van der Waals surface area contributed by atoms with Crippen LogP contribution in [0.2, 0.25) is 0 Å². The minimum Gasteiger partial charge on any atom is -0.480 e. The lowest BCUT2D eigenvalue weighted by Crippen LogP contribution is -2.11. The number of rotatable bonds is 3. The second-order valence-electron chi connectivity index (χ2n) is 4.29. The lowest BCUT2D eigenvalue weighted by Gasteiger charge is -2.16. The molecule has 4 heteroatoms. The van der Waals surface area contributed by atoms with E-state index in [2.05, 4.69) is 25.9 Å². The number of aliphatic hydroxyl groups is 1. The number of hydrogen-bond donors (Lipinski definition) is 1. The number of nitrogens with zero attached hydrogens (tertiary/aromatic N) is 2. The highest BCUT2D eigenvalue weighted by molar-refractivity contribution is 5.30. The molecule has 0 aliphatic carbocycles. The fourth-order valence-electron chi connectivity index (χ4n) is 1.29. The molecule has 0 unspecified atom stereocenters. The van der Waals surface area contributed by atoms with E-state index in [1.165, 1.54) is 0 Å². The van der Waals surface area contributed by atoms with E-state index < -0.39 is 0 Å². The summed E-state index contributed by atoms with van der Waals surface area (Å²) < 4.78 is 6.89. The van der Waals surface area contributed by atoms with Crippen LogP contribution in [0, 0.1) is 0 Å². The molecule has 0 fully saturated rings. The summed E-state index contributed by atoms with van der Waals surface area (Å²) in [5, 5.41) is 13.0. The highest BCUT2D eigenvalue weighted by Gasteiger charge is 2.22. The molecule has 0 aliphatic heterocycles. The zero-order chi connectivity index (χ0) is 10.8. The van der Waals surface area contributed by atoms with Crippen LogP contribution in [0.3, 0.4) is 0 Å². The first-order valence-electron chi connectivity index (χ1n) is 4.72. The Labute approximate surface area is 84.5 Å². The monoisotopic (exact) mass is 198 g/mol. The van der Waals surface area contributed by atoms with Gasteiger partial charge in [0.1, 0.15) is 0 Å².